The predicted octanol–water partition coefficient (Wildman–Crippen LogP) is 3.18. The summed E-state index contributed by atoms with van der Waals surface area (Å²) >= 11 is 0. The minimum atomic E-state index is -0.240. The highest BCUT2D eigenvalue weighted by Gasteiger charge is 2.15. The maximum absolute atomic E-state index is 12.3. The van der Waals surface area contributed by atoms with Crippen molar-refractivity contribution in [2.45, 2.75) is 26.7 Å². The number of aromatic nitrogens is 2. The molecule has 6 nitrogen and oxygen atoms in total. The second-order valence-electron chi connectivity index (χ2n) is 6.13. The third kappa shape index (κ3) is 4.07. The van der Waals surface area contributed by atoms with Crippen LogP contribution in [0.1, 0.15) is 37.2 Å². The number of carbonyl (C=O) groups excluding carboxylic acids is 1. The van der Waals surface area contributed by atoms with Crippen molar-refractivity contribution in [3.63, 3.8) is 0 Å². The summed E-state index contributed by atoms with van der Waals surface area (Å²) < 4.78 is 0. The van der Waals surface area contributed by atoms with Crippen molar-refractivity contribution in [3.8, 4) is 0 Å². The van der Waals surface area contributed by atoms with Crippen LogP contribution in [0, 0.1) is 0 Å². The van der Waals surface area contributed by atoms with Crippen molar-refractivity contribution in [2.75, 3.05) is 41.3 Å². The summed E-state index contributed by atoms with van der Waals surface area (Å²) in [4.78, 5) is 25.4. The van der Waals surface area contributed by atoms with E-state index in [1.807, 2.05) is 24.3 Å². The topological polar surface area (TPSA) is 61.4 Å². The Hall–Kier alpha value is -2.63. The first-order valence-corrected chi connectivity index (χ1v) is 8.94. The van der Waals surface area contributed by atoms with Gasteiger partial charge in [0.2, 0.25) is 0 Å². The largest absolute Gasteiger partial charge is 0.372 e. The molecule has 1 fully saturated rings. The number of anilines is 3. The first-order chi connectivity index (χ1) is 12.2. The molecular weight excluding hydrogens is 314 g/mol. The maximum atomic E-state index is 12.3. The third-order valence-electron chi connectivity index (χ3n) is 4.55. The molecular formula is C19H25N5O. The van der Waals surface area contributed by atoms with E-state index < -0.39 is 0 Å². The maximum Gasteiger partial charge on any atom is 0.275 e. The highest BCUT2D eigenvalue weighted by Crippen LogP contribution is 2.19. The number of carbonyl (C=O) groups is 1. The number of benzene rings is 1. The Balaban J connectivity index is 1.63. The van der Waals surface area contributed by atoms with E-state index in [0.29, 0.717) is 5.69 Å². The molecule has 1 aliphatic heterocycles. The molecule has 0 radical (unpaired) electrons. The van der Waals surface area contributed by atoms with Crippen LogP contribution in [0.15, 0.2) is 36.7 Å². The van der Waals surface area contributed by atoms with E-state index in [4.69, 9.17) is 0 Å². The minimum Gasteiger partial charge on any atom is -0.372 e. The van der Waals surface area contributed by atoms with Crippen molar-refractivity contribution < 1.29 is 4.79 Å². The van der Waals surface area contributed by atoms with Gasteiger partial charge in [-0.15, -0.1) is 0 Å². The molecule has 2 heterocycles. The summed E-state index contributed by atoms with van der Waals surface area (Å²) in [5.74, 6) is 0.605. The van der Waals surface area contributed by atoms with Gasteiger partial charge in [0.15, 0.2) is 0 Å². The van der Waals surface area contributed by atoms with Crippen LogP contribution in [-0.2, 0) is 0 Å². The third-order valence-corrected chi connectivity index (χ3v) is 4.55. The average Bonchev–Trinajstić information content (AvgIpc) is 3.19. The van der Waals surface area contributed by atoms with Gasteiger partial charge in [0.25, 0.3) is 5.91 Å². The minimum absolute atomic E-state index is 0.240. The standard InChI is InChI=1S/C19H25N5O/c1-3-23(4-2)16-9-7-15(8-10-16)22-19(25)17-13-21-18(14-20-17)24-11-5-6-12-24/h7-10,13-14H,3-6,11-12H2,1-2H3,(H,22,25). The molecule has 1 saturated heterocycles. The fourth-order valence-electron chi connectivity index (χ4n) is 3.09. The van der Waals surface area contributed by atoms with Crippen molar-refractivity contribution in [2.24, 2.45) is 0 Å². The quantitative estimate of drug-likeness (QED) is 0.876. The van der Waals surface area contributed by atoms with Crippen LogP contribution in [0.2, 0.25) is 0 Å². The molecule has 1 aromatic carbocycles. The summed E-state index contributed by atoms with van der Waals surface area (Å²) in [6.07, 6.45) is 5.61. The first kappa shape index (κ1) is 17.2. The van der Waals surface area contributed by atoms with Crippen LogP contribution in [0.4, 0.5) is 17.2 Å². The molecule has 0 unspecified atom stereocenters. The van der Waals surface area contributed by atoms with E-state index in [9.17, 15) is 4.79 Å². The van der Waals surface area contributed by atoms with Gasteiger partial charge in [0.1, 0.15) is 11.5 Å². The zero-order valence-corrected chi connectivity index (χ0v) is 14.9. The van der Waals surface area contributed by atoms with Crippen LogP contribution in [-0.4, -0.2) is 42.1 Å². The summed E-state index contributed by atoms with van der Waals surface area (Å²) in [6, 6.07) is 7.87. The fourth-order valence-corrected chi connectivity index (χ4v) is 3.09. The molecule has 25 heavy (non-hydrogen) atoms. The Labute approximate surface area is 148 Å². The molecule has 0 atom stereocenters. The molecule has 1 aliphatic rings. The number of hydrogen-bond acceptors (Lipinski definition) is 5. The molecule has 1 amide bonds. The second-order valence-corrected chi connectivity index (χ2v) is 6.13. The Kier molecular flexibility index (Phi) is 5.48. The summed E-state index contributed by atoms with van der Waals surface area (Å²) in [5, 5.41) is 2.88. The van der Waals surface area contributed by atoms with Gasteiger partial charge in [-0.3, -0.25) is 4.79 Å². The van der Waals surface area contributed by atoms with Gasteiger partial charge in [0.05, 0.1) is 12.4 Å². The molecule has 1 aromatic heterocycles. The second kappa shape index (κ2) is 7.96. The molecule has 0 bridgehead atoms. The lowest BCUT2D eigenvalue weighted by Crippen LogP contribution is -2.22. The molecule has 0 aliphatic carbocycles. The number of hydrogen-bond donors (Lipinski definition) is 1. The highest BCUT2D eigenvalue weighted by atomic mass is 16.1. The van der Waals surface area contributed by atoms with E-state index in [1.54, 1.807) is 12.4 Å². The van der Waals surface area contributed by atoms with E-state index in [2.05, 4.69) is 38.9 Å². The van der Waals surface area contributed by atoms with E-state index >= 15 is 0 Å². The first-order valence-electron chi connectivity index (χ1n) is 8.94. The van der Waals surface area contributed by atoms with Crippen molar-refractivity contribution >= 4 is 23.1 Å². The van der Waals surface area contributed by atoms with Crippen LogP contribution in [0.5, 0.6) is 0 Å². The highest BCUT2D eigenvalue weighted by molar-refractivity contribution is 6.02. The van der Waals surface area contributed by atoms with Gasteiger partial charge in [-0.1, -0.05) is 0 Å². The van der Waals surface area contributed by atoms with Crippen LogP contribution >= 0.6 is 0 Å². The Morgan fingerprint density at radius 3 is 2.32 bits per heavy atom. The van der Waals surface area contributed by atoms with Crippen molar-refractivity contribution in [3.05, 3.63) is 42.4 Å². The summed E-state index contributed by atoms with van der Waals surface area (Å²) in [5.41, 5.74) is 2.24. The van der Waals surface area contributed by atoms with Gasteiger partial charge in [-0.05, 0) is 51.0 Å². The monoisotopic (exact) mass is 339 g/mol. The van der Waals surface area contributed by atoms with Crippen LogP contribution in [0.3, 0.4) is 0 Å². The lowest BCUT2D eigenvalue weighted by Gasteiger charge is -2.21. The van der Waals surface area contributed by atoms with Gasteiger partial charge >= 0.3 is 0 Å². The van der Waals surface area contributed by atoms with Gasteiger partial charge in [-0.25, -0.2) is 9.97 Å². The van der Waals surface area contributed by atoms with E-state index in [-0.39, 0.29) is 5.91 Å². The molecule has 1 N–H and O–H groups in total. The van der Waals surface area contributed by atoms with Crippen molar-refractivity contribution in [1.82, 2.24) is 9.97 Å². The van der Waals surface area contributed by atoms with Crippen molar-refractivity contribution in [1.29, 1.82) is 0 Å². The molecule has 6 heteroatoms. The summed E-state index contributed by atoms with van der Waals surface area (Å²) in [6.45, 7) is 8.20. The zero-order valence-electron chi connectivity index (χ0n) is 14.9. The molecule has 0 spiro atoms. The smallest absolute Gasteiger partial charge is 0.275 e. The lowest BCUT2D eigenvalue weighted by atomic mass is 10.2. The lowest BCUT2D eigenvalue weighted by molar-refractivity contribution is 0.102. The molecule has 132 valence electrons. The fraction of sp³-hybridized carbons (Fsp3) is 0.421. The molecule has 0 saturated carbocycles. The number of nitrogens with one attached hydrogen (secondary N) is 1. The Bertz CT molecular complexity index is 689. The normalized spacial score (nSPS) is 13.8. The van der Waals surface area contributed by atoms with Crippen LogP contribution < -0.4 is 15.1 Å². The predicted molar refractivity (Wildman–Crippen MR) is 101 cm³/mol. The van der Waals surface area contributed by atoms with Crippen LogP contribution in [0.25, 0.3) is 0 Å². The van der Waals surface area contributed by atoms with Gasteiger partial charge < -0.3 is 15.1 Å². The molecule has 3 rings (SSSR count). The summed E-state index contributed by atoms with van der Waals surface area (Å²) in [7, 11) is 0. The Morgan fingerprint density at radius 2 is 1.76 bits per heavy atom. The SMILES string of the molecule is CCN(CC)c1ccc(NC(=O)c2cnc(N3CCCC3)cn2)cc1. The Morgan fingerprint density at radius 1 is 1.08 bits per heavy atom. The van der Waals surface area contributed by atoms with E-state index in [1.165, 1.54) is 12.8 Å². The van der Waals surface area contributed by atoms with Gasteiger partial charge in [0, 0.05) is 37.6 Å². The number of rotatable bonds is 6. The zero-order chi connectivity index (χ0) is 17.6. The molecule has 2 aromatic rings. The van der Waals surface area contributed by atoms with Gasteiger partial charge in [-0.2, -0.15) is 0 Å². The number of nitrogens with zero attached hydrogens (tertiary/aromatic N) is 4. The van der Waals surface area contributed by atoms with E-state index in [0.717, 1.165) is 43.4 Å². The average molecular weight is 339 g/mol. The number of amides is 1.